The second-order valence-corrected chi connectivity index (χ2v) is 16.3. The molecule has 8 aromatic rings. The van der Waals surface area contributed by atoms with Gasteiger partial charge in [-0.15, -0.1) is 0 Å². The summed E-state index contributed by atoms with van der Waals surface area (Å²) >= 11 is 0. The Morgan fingerprint density at radius 2 is 1.24 bits per heavy atom. The number of para-hydroxylation sites is 4. The van der Waals surface area contributed by atoms with Crippen LogP contribution in [0, 0.1) is 0 Å². The van der Waals surface area contributed by atoms with E-state index in [1.54, 1.807) is 6.20 Å². The lowest BCUT2D eigenvalue weighted by Gasteiger charge is -2.37. The number of imidazole rings is 4. The molecule has 0 unspecified atom stereocenters. The number of aldehydes is 1. The van der Waals surface area contributed by atoms with E-state index in [9.17, 15) is 14.4 Å². The number of pyridine rings is 2. The van der Waals surface area contributed by atoms with Gasteiger partial charge in [0.05, 0.1) is 27.8 Å². The van der Waals surface area contributed by atoms with Crippen molar-refractivity contribution in [3.63, 3.8) is 0 Å². The van der Waals surface area contributed by atoms with Crippen LogP contribution in [0.25, 0.3) is 33.4 Å². The summed E-state index contributed by atoms with van der Waals surface area (Å²) in [5, 5.41) is 3.67. The Labute approximate surface area is 366 Å². The van der Waals surface area contributed by atoms with E-state index in [0.717, 1.165) is 103 Å². The van der Waals surface area contributed by atoms with Crippen LogP contribution in [-0.2, 0) is 6.54 Å². The number of carbonyl (C=O) groups is 3. The molecule has 2 aliphatic carbocycles. The van der Waals surface area contributed by atoms with Crippen molar-refractivity contribution >= 4 is 51.5 Å². The molecule has 0 saturated heterocycles. The number of carbonyl (C=O) groups excluding carboxylic acids is 3. The van der Waals surface area contributed by atoms with Gasteiger partial charge in [0, 0.05) is 68.6 Å². The van der Waals surface area contributed by atoms with Crippen LogP contribution in [0.15, 0.2) is 110 Å². The Morgan fingerprint density at radius 3 is 1.78 bits per heavy atom. The van der Waals surface area contributed by atoms with E-state index in [-0.39, 0.29) is 29.9 Å². The van der Waals surface area contributed by atoms with Crippen molar-refractivity contribution in [3.8, 4) is 0 Å². The topological polar surface area (TPSA) is 188 Å². The highest BCUT2D eigenvalue weighted by molar-refractivity contribution is 5.95. The number of aromatic amines is 2. The molecule has 0 radical (unpaired) electrons. The van der Waals surface area contributed by atoms with E-state index in [1.807, 2.05) is 130 Å². The number of aromatic nitrogens is 8. The van der Waals surface area contributed by atoms with Gasteiger partial charge in [0.15, 0.2) is 17.9 Å². The average molecular weight is 849 g/mol. The standard InChI is InChI=1S/C24H28N6O.C16H22N4O.C8H6N2O/c1-2-30(24(31)23-27-20-10-3-4-11-21(20)28-23)19-9-7-8-17(14-19)25-15-18-16-29-13-6-5-12-22(29)26-18;1-2-20(12-7-5-6-11(17)10-12)16(21)15-18-13-8-3-4-9-14(13)19-15;11-6-7-5-10-4-2-1-3-8(10)9-7/h3-6,10-13,16-17,19,25H,2,7-9,14-15H2,1H3,(H,27,28);3-4,8-9,11-12H,2,5-7,10,17H2,1H3,(H,18,19);1-6H/t17-,19+;11-,12+;/m11./s1. The second kappa shape index (κ2) is 20.0. The monoisotopic (exact) mass is 848 g/mol. The molecule has 4 atom stereocenters. The highest BCUT2D eigenvalue weighted by Crippen LogP contribution is 2.26. The van der Waals surface area contributed by atoms with E-state index in [0.29, 0.717) is 36.5 Å². The van der Waals surface area contributed by atoms with Gasteiger partial charge in [0.1, 0.15) is 17.0 Å². The Kier molecular flexibility index (Phi) is 13.6. The third-order valence-electron chi connectivity index (χ3n) is 12.1. The quantitative estimate of drug-likeness (QED) is 0.103. The summed E-state index contributed by atoms with van der Waals surface area (Å²) < 4.78 is 3.86. The number of rotatable bonds is 10. The maximum absolute atomic E-state index is 13.2. The normalized spacial score (nSPS) is 18.7. The molecule has 0 aliphatic heterocycles. The van der Waals surface area contributed by atoms with Crippen molar-refractivity contribution in [2.45, 2.75) is 95.9 Å². The minimum Gasteiger partial charge on any atom is -0.334 e. The van der Waals surface area contributed by atoms with Crippen LogP contribution in [0.2, 0.25) is 0 Å². The molecule has 2 fully saturated rings. The van der Waals surface area contributed by atoms with Crippen LogP contribution >= 0.6 is 0 Å². The SMILES string of the molecule is CCN(C(=O)c1nc2ccccc2[nH]1)[C@H]1CCC[C@@H](N)C1.CCN(C(=O)c1nc2ccccc2[nH]1)[C@H]1CCC[C@@H](NCc2cn3ccccc3n2)C1.O=Cc1cn2ccccc2n1. The Morgan fingerprint density at radius 1 is 0.698 bits per heavy atom. The van der Waals surface area contributed by atoms with E-state index < -0.39 is 0 Å². The molecule has 0 bridgehead atoms. The molecule has 326 valence electrons. The summed E-state index contributed by atoms with van der Waals surface area (Å²) in [6.45, 7) is 6.17. The van der Waals surface area contributed by atoms with Crippen molar-refractivity contribution < 1.29 is 14.4 Å². The third-order valence-corrected chi connectivity index (χ3v) is 12.1. The summed E-state index contributed by atoms with van der Waals surface area (Å²) in [6, 6.07) is 28.2. The number of amides is 2. The van der Waals surface area contributed by atoms with Gasteiger partial charge in [-0.1, -0.05) is 36.4 Å². The first-order valence-electron chi connectivity index (χ1n) is 22.1. The van der Waals surface area contributed by atoms with Crippen LogP contribution in [0.1, 0.15) is 103 Å². The number of fused-ring (bicyclic) bond motifs is 4. The van der Waals surface area contributed by atoms with Gasteiger partial charge in [0.25, 0.3) is 11.8 Å². The highest BCUT2D eigenvalue weighted by Gasteiger charge is 2.31. The lowest BCUT2D eigenvalue weighted by Crippen LogP contribution is -2.47. The van der Waals surface area contributed by atoms with E-state index in [1.165, 1.54) is 0 Å². The van der Waals surface area contributed by atoms with E-state index in [4.69, 9.17) is 5.73 Å². The van der Waals surface area contributed by atoms with Gasteiger partial charge in [-0.3, -0.25) is 14.4 Å². The molecule has 5 N–H and O–H groups in total. The van der Waals surface area contributed by atoms with Gasteiger partial charge >= 0.3 is 0 Å². The molecule has 6 aromatic heterocycles. The largest absolute Gasteiger partial charge is 0.334 e. The lowest BCUT2D eigenvalue weighted by atomic mass is 9.89. The number of hydrogen-bond donors (Lipinski definition) is 4. The fourth-order valence-electron chi connectivity index (χ4n) is 8.96. The van der Waals surface area contributed by atoms with Crippen LogP contribution < -0.4 is 11.1 Å². The second-order valence-electron chi connectivity index (χ2n) is 16.3. The Balaban J connectivity index is 0.000000146. The number of nitrogens with two attached hydrogens (primary N) is 1. The molecule has 10 rings (SSSR count). The lowest BCUT2D eigenvalue weighted by molar-refractivity contribution is 0.0613. The van der Waals surface area contributed by atoms with Crippen LogP contribution in [0.4, 0.5) is 0 Å². The molecule has 0 spiro atoms. The van der Waals surface area contributed by atoms with Crippen molar-refractivity contribution in [2.75, 3.05) is 13.1 Å². The first-order chi connectivity index (χ1) is 30.8. The number of nitrogens with one attached hydrogen (secondary N) is 3. The van der Waals surface area contributed by atoms with Crippen molar-refractivity contribution in [1.82, 2.24) is 53.8 Å². The predicted octanol–water partition coefficient (Wildman–Crippen LogP) is 7.22. The summed E-state index contributed by atoms with van der Waals surface area (Å²) in [5.74, 6) is 0.831. The molecule has 2 aliphatic rings. The van der Waals surface area contributed by atoms with E-state index >= 15 is 0 Å². The van der Waals surface area contributed by atoms with Gasteiger partial charge in [-0.2, -0.15) is 0 Å². The number of benzene rings is 2. The summed E-state index contributed by atoms with van der Waals surface area (Å²) in [4.78, 5) is 64.1. The maximum Gasteiger partial charge on any atom is 0.289 e. The molecule has 15 heteroatoms. The number of H-pyrrole nitrogens is 2. The number of nitrogens with zero attached hydrogens (tertiary/aromatic N) is 8. The zero-order chi connectivity index (χ0) is 43.7. The van der Waals surface area contributed by atoms with E-state index in [2.05, 4.69) is 41.4 Å². The van der Waals surface area contributed by atoms with Gasteiger partial charge in [0.2, 0.25) is 0 Å². The third kappa shape index (κ3) is 10.2. The predicted molar refractivity (Wildman–Crippen MR) is 244 cm³/mol. The zero-order valence-corrected chi connectivity index (χ0v) is 35.9. The fourth-order valence-corrected chi connectivity index (χ4v) is 8.96. The molecule has 6 heterocycles. The molecular formula is C48H56N12O3. The Bertz CT molecular complexity index is 2650. The average Bonchev–Trinajstić information content (AvgIpc) is 4.14. The van der Waals surface area contributed by atoms with Crippen LogP contribution in [0.5, 0.6) is 0 Å². The van der Waals surface area contributed by atoms with Crippen molar-refractivity contribution in [1.29, 1.82) is 0 Å². The fraction of sp³-hybridized carbons (Fsp3) is 0.354. The summed E-state index contributed by atoms with van der Waals surface area (Å²) in [5.41, 5.74) is 12.8. The van der Waals surface area contributed by atoms with Crippen LogP contribution in [0.3, 0.4) is 0 Å². The van der Waals surface area contributed by atoms with Crippen LogP contribution in [-0.4, -0.2) is 104 Å². The molecule has 2 saturated carbocycles. The summed E-state index contributed by atoms with van der Waals surface area (Å²) in [6.07, 6.45) is 16.7. The van der Waals surface area contributed by atoms with Gasteiger partial charge < -0.3 is 39.6 Å². The minimum atomic E-state index is -0.0206. The molecule has 15 nitrogen and oxygen atoms in total. The smallest absolute Gasteiger partial charge is 0.289 e. The molecule has 2 aromatic carbocycles. The highest BCUT2D eigenvalue weighted by atomic mass is 16.2. The first-order valence-corrected chi connectivity index (χ1v) is 22.1. The molecule has 2 amide bonds. The Hall–Kier alpha value is -6.71. The minimum absolute atomic E-state index is 0.00954. The first kappa shape index (κ1) is 43.0. The van der Waals surface area contributed by atoms with Crippen molar-refractivity contribution in [2.24, 2.45) is 5.73 Å². The van der Waals surface area contributed by atoms with Gasteiger partial charge in [-0.05, 0) is 114 Å². The molecule has 63 heavy (non-hydrogen) atoms. The number of hydrogen-bond acceptors (Lipinski definition) is 9. The van der Waals surface area contributed by atoms with Crippen molar-refractivity contribution in [3.05, 3.63) is 133 Å². The molecular weight excluding hydrogens is 793 g/mol. The zero-order valence-electron chi connectivity index (χ0n) is 35.9. The van der Waals surface area contributed by atoms with Gasteiger partial charge in [-0.25, -0.2) is 19.9 Å². The summed E-state index contributed by atoms with van der Waals surface area (Å²) in [7, 11) is 0. The maximum atomic E-state index is 13.2.